The largest absolute Gasteiger partial charge is 0.395 e. The number of carbonyl (C=O) groups excluding carboxylic acids is 1. The predicted octanol–water partition coefficient (Wildman–Crippen LogP) is 2.93. The van der Waals surface area contributed by atoms with Gasteiger partial charge in [-0.05, 0) is 37.5 Å². The van der Waals surface area contributed by atoms with Crippen LogP contribution in [0.25, 0.3) is 11.3 Å². The second kappa shape index (κ2) is 9.28. The Bertz CT molecular complexity index is 1250. The van der Waals surface area contributed by atoms with E-state index < -0.39 is 0 Å². The Morgan fingerprint density at radius 1 is 1.08 bits per heavy atom. The van der Waals surface area contributed by atoms with Gasteiger partial charge in [-0.3, -0.25) is 9.78 Å². The first-order valence-corrected chi connectivity index (χ1v) is 13.6. The lowest BCUT2D eigenvalue weighted by molar-refractivity contribution is 0.0302. The third kappa shape index (κ3) is 4.23. The van der Waals surface area contributed by atoms with Gasteiger partial charge in [0, 0.05) is 48.3 Å². The highest BCUT2D eigenvalue weighted by Gasteiger charge is 2.50. The summed E-state index contributed by atoms with van der Waals surface area (Å²) in [5.74, 6) is 2.98. The van der Waals surface area contributed by atoms with E-state index in [4.69, 9.17) is 4.74 Å². The van der Waals surface area contributed by atoms with Gasteiger partial charge in [0.2, 0.25) is 0 Å². The number of nitrogens with zero attached hydrogens (tertiary/aromatic N) is 5. The molecular formula is C27H31N5O3S. The number of ether oxygens (including phenoxy) is 1. The van der Waals surface area contributed by atoms with Crippen LogP contribution in [-0.2, 0) is 23.1 Å². The molecule has 1 amide bonds. The molecule has 1 saturated carbocycles. The number of amides is 1. The summed E-state index contributed by atoms with van der Waals surface area (Å²) in [6.45, 7) is 5.54. The minimum Gasteiger partial charge on any atom is -0.395 e. The van der Waals surface area contributed by atoms with Gasteiger partial charge in [0.1, 0.15) is 11.6 Å². The lowest BCUT2D eigenvalue weighted by Crippen LogP contribution is -2.40. The maximum atomic E-state index is 12.7. The molecule has 0 bridgehead atoms. The number of fused-ring (bicyclic) bond motifs is 1. The minimum absolute atomic E-state index is 0.00788. The van der Waals surface area contributed by atoms with Gasteiger partial charge < -0.3 is 19.3 Å². The average Bonchev–Trinajstić information content (AvgIpc) is 3.68. The van der Waals surface area contributed by atoms with Crippen molar-refractivity contribution >= 4 is 17.7 Å². The summed E-state index contributed by atoms with van der Waals surface area (Å²) in [6.07, 6.45) is 4.52. The number of thioether (sulfide) groups is 1. The van der Waals surface area contributed by atoms with Crippen LogP contribution in [0.5, 0.6) is 0 Å². The summed E-state index contributed by atoms with van der Waals surface area (Å²) in [7, 11) is 0. The van der Waals surface area contributed by atoms with E-state index in [-0.39, 0.29) is 22.7 Å². The molecule has 6 rings (SSSR count). The van der Waals surface area contributed by atoms with Crippen LogP contribution in [0.2, 0.25) is 0 Å². The minimum atomic E-state index is -0.202. The Kier molecular flexibility index (Phi) is 6.09. The van der Waals surface area contributed by atoms with Crippen molar-refractivity contribution in [2.24, 2.45) is 0 Å². The highest BCUT2D eigenvalue weighted by molar-refractivity contribution is 8.00. The monoisotopic (exact) mass is 505 g/mol. The van der Waals surface area contributed by atoms with E-state index in [1.54, 1.807) is 6.20 Å². The molecule has 1 aliphatic carbocycles. The summed E-state index contributed by atoms with van der Waals surface area (Å²) >= 11 is 1.82. The van der Waals surface area contributed by atoms with E-state index in [9.17, 15) is 9.90 Å². The molecule has 2 aromatic heterocycles. The van der Waals surface area contributed by atoms with E-state index in [1.807, 2.05) is 28.8 Å². The van der Waals surface area contributed by atoms with Gasteiger partial charge in [-0.1, -0.05) is 24.3 Å². The molecule has 1 N–H and O–H groups in total. The smallest absolute Gasteiger partial charge is 0.255 e. The predicted molar refractivity (Wildman–Crippen MR) is 138 cm³/mol. The van der Waals surface area contributed by atoms with Crippen LogP contribution in [0.4, 0.5) is 0 Å². The zero-order valence-corrected chi connectivity index (χ0v) is 21.3. The van der Waals surface area contributed by atoms with Gasteiger partial charge in [0.25, 0.3) is 5.91 Å². The van der Waals surface area contributed by atoms with E-state index >= 15 is 0 Å². The van der Waals surface area contributed by atoms with Crippen molar-refractivity contribution in [1.82, 2.24) is 24.6 Å². The number of hydrogen-bond donors (Lipinski definition) is 1. The molecule has 4 heterocycles. The Hall–Kier alpha value is -2.75. The van der Waals surface area contributed by atoms with Gasteiger partial charge in [0.05, 0.1) is 36.5 Å². The second-order valence-electron chi connectivity index (χ2n) is 10.2. The van der Waals surface area contributed by atoms with Crippen LogP contribution in [0.15, 0.2) is 42.6 Å². The van der Waals surface area contributed by atoms with Crippen molar-refractivity contribution < 1.29 is 14.6 Å². The molecule has 2 fully saturated rings. The molecule has 36 heavy (non-hydrogen) atoms. The fraction of sp³-hybridized carbons (Fsp3) is 0.481. The molecule has 8 nitrogen and oxygen atoms in total. The van der Waals surface area contributed by atoms with Gasteiger partial charge in [-0.2, -0.15) is 11.8 Å². The molecule has 1 atom stereocenters. The number of carbonyl (C=O) groups is 1. The normalized spacial score (nSPS) is 23.1. The summed E-state index contributed by atoms with van der Waals surface area (Å²) < 4.78 is 7.43. The zero-order valence-electron chi connectivity index (χ0n) is 20.5. The Morgan fingerprint density at radius 3 is 2.53 bits per heavy atom. The van der Waals surface area contributed by atoms with Gasteiger partial charge in [-0.15, -0.1) is 10.2 Å². The third-order valence-electron chi connectivity index (χ3n) is 7.68. The van der Waals surface area contributed by atoms with Crippen LogP contribution < -0.4 is 0 Å². The maximum absolute atomic E-state index is 12.7. The molecular weight excluding hydrogens is 474 g/mol. The van der Waals surface area contributed by atoms with Crippen molar-refractivity contribution in [2.75, 3.05) is 38.7 Å². The first-order chi connectivity index (χ1) is 17.5. The number of hydrogen-bond acceptors (Lipinski definition) is 7. The van der Waals surface area contributed by atoms with Crippen molar-refractivity contribution in [3.8, 4) is 11.3 Å². The van der Waals surface area contributed by atoms with E-state index in [1.165, 1.54) is 5.56 Å². The number of aromatic nitrogens is 4. The summed E-state index contributed by atoms with van der Waals surface area (Å²) in [5.41, 5.74) is 3.65. The number of rotatable bonds is 5. The number of aliphatic hydroxyl groups excluding tert-OH is 1. The second-order valence-corrected chi connectivity index (χ2v) is 11.9. The topological polar surface area (TPSA) is 93.4 Å². The Morgan fingerprint density at radius 2 is 1.86 bits per heavy atom. The number of aliphatic hydroxyl groups is 1. The fourth-order valence-corrected chi connectivity index (χ4v) is 6.38. The van der Waals surface area contributed by atoms with Crippen molar-refractivity contribution in [3.05, 3.63) is 65.4 Å². The fourth-order valence-electron chi connectivity index (χ4n) is 5.29. The highest BCUT2D eigenvalue weighted by atomic mass is 32.2. The standard InChI is InChI=1S/C27H31N5O3S/c1-26(18-33)16-23-29-30-25(32(23)12-15-36-26)27(8-9-27)21-5-2-19(3-6-21)22-7-4-20(17-28-22)24(34)31-10-13-35-14-11-31/h2-7,17,33H,8-16,18H2,1H3. The first-order valence-electron chi connectivity index (χ1n) is 12.6. The lowest BCUT2D eigenvalue weighted by Gasteiger charge is -2.26. The van der Waals surface area contributed by atoms with Crippen LogP contribution >= 0.6 is 11.8 Å². The molecule has 0 spiro atoms. The SMILES string of the molecule is CC1(CO)Cc2nnc(C3(c4ccc(-c5ccc(C(=O)N6CCOCC6)cn5)cc4)CC3)n2CCS1. The van der Waals surface area contributed by atoms with Gasteiger partial charge in [-0.25, -0.2) is 0 Å². The van der Waals surface area contributed by atoms with E-state index in [2.05, 4.69) is 50.9 Å². The van der Waals surface area contributed by atoms with Gasteiger partial charge >= 0.3 is 0 Å². The third-order valence-corrected chi connectivity index (χ3v) is 9.04. The van der Waals surface area contributed by atoms with Crippen LogP contribution in [0.3, 0.4) is 0 Å². The van der Waals surface area contributed by atoms with Crippen LogP contribution in [0, 0.1) is 0 Å². The molecule has 0 radical (unpaired) electrons. The summed E-state index contributed by atoms with van der Waals surface area (Å²) in [4.78, 5) is 19.1. The lowest BCUT2D eigenvalue weighted by atomic mass is 9.93. The first kappa shape index (κ1) is 23.6. The highest BCUT2D eigenvalue weighted by Crippen LogP contribution is 2.53. The summed E-state index contributed by atoms with van der Waals surface area (Å²) in [5, 5.41) is 19.1. The summed E-state index contributed by atoms with van der Waals surface area (Å²) in [6, 6.07) is 12.4. The number of pyridine rings is 1. The number of benzene rings is 1. The maximum Gasteiger partial charge on any atom is 0.255 e. The van der Waals surface area contributed by atoms with Crippen molar-refractivity contribution in [1.29, 1.82) is 0 Å². The molecule has 1 aromatic carbocycles. The Balaban J connectivity index is 1.21. The van der Waals surface area contributed by atoms with E-state index in [0.29, 0.717) is 31.9 Å². The molecule has 1 unspecified atom stereocenters. The molecule has 1 saturated heterocycles. The van der Waals surface area contributed by atoms with Crippen molar-refractivity contribution in [2.45, 2.75) is 42.9 Å². The molecule has 3 aromatic rings. The molecule has 9 heteroatoms. The van der Waals surface area contributed by atoms with Gasteiger partial charge in [0.15, 0.2) is 0 Å². The Labute approximate surface area is 215 Å². The van der Waals surface area contributed by atoms with Crippen molar-refractivity contribution in [3.63, 3.8) is 0 Å². The van der Waals surface area contributed by atoms with E-state index in [0.717, 1.165) is 54.5 Å². The zero-order chi connectivity index (χ0) is 24.8. The van der Waals surface area contributed by atoms with Crippen LogP contribution in [0.1, 0.15) is 47.3 Å². The molecule has 188 valence electrons. The quantitative estimate of drug-likeness (QED) is 0.570. The number of morpholine rings is 1. The molecule has 3 aliphatic rings. The van der Waals surface area contributed by atoms with Crippen LogP contribution in [-0.4, -0.2) is 79.1 Å². The molecule has 2 aliphatic heterocycles. The average molecular weight is 506 g/mol.